The number of halogens is 3. The van der Waals surface area contributed by atoms with Crippen LogP contribution in [0.3, 0.4) is 0 Å². The van der Waals surface area contributed by atoms with E-state index in [-0.39, 0.29) is 31.1 Å². The summed E-state index contributed by atoms with van der Waals surface area (Å²) in [6, 6.07) is 1.03. The maximum Gasteiger partial charge on any atom is 0.408 e. The Morgan fingerprint density at radius 1 is 1.41 bits per heavy atom. The lowest BCUT2D eigenvalue weighted by molar-refractivity contribution is -0.184. The van der Waals surface area contributed by atoms with E-state index in [0.29, 0.717) is 12.2 Å². The van der Waals surface area contributed by atoms with Gasteiger partial charge in [0, 0.05) is 19.3 Å². The topological polar surface area (TPSA) is 92.5 Å². The Labute approximate surface area is 156 Å². The molecule has 0 unspecified atom stereocenters. The van der Waals surface area contributed by atoms with Crippen LogP contribution in [0.25, 0.3) is 0 Å². The fraction of sp³-hybridized carbons (Fsp3) is 0.647. The molecule has 2 atom stereocenters. The molecule has 0 saturated carbocycles. The van der Waals surface area contributed by atoms with Gasteiger partial charge in [0.2, 0.25) is 0 Å². The van der Waals surface area contributed by atoms with E-state index in [4.69, 9.17) is 10.6 Å². The molecule has 0 aliphatic carbocycles. The molecule has 27 heavy (non-hydrogen) atoms. The van der Waals surface area contributed by atoms with Gasteiger partial charge in [0.25, 0.3) is 0 Å². The zero-order chi connectivity index (χ0) is 20.2. The number of nitrogens with two attached hydrogens (primary N) is 1. The molecule has 7 nitrogen and oxygen atoms in total. The van der Waals surface area contributed by atoms with E-state index in [1.807, 2.05) is 0 Å². The zero-order valence-electron chi connectivity index (χ0n) is 15.6. The van der Waals surface area contributed by atoms with Crippen LogP contribution in [0, 0.1) is 5.92 Å². The zero-order valence-corrected chi connectivity index (χ0v) is 15.6. The minimum Gasteiger partial charge on any atom is -0.444 e. The van der Waals surface area contributed by atoms with E-state index in [0.717, 1.165) is 0 Å². The first-order valence-corrected chi connectivity index (χ1v) is 8.70. The molecule has 1 amide bonds. The summed E-state index contributed by atoms with van der Waals surface area (Å²) >= 11 is 0. The largest absolute Gasteiger partial charge is 0.444 e. The fourth-order valence-corrected chi connectivity index (χ4v) is 3.06. The Hall–Kier alpha value is -2.07. The summed E-state index contributed by atoms with van der Waals surface area (Å²) in [5.74, 6) is 5.42. The second-order valence-electron chi connectivity index (χ2n) is 7.60. The molecule has 2 rings (SSSR count). The molecule has 1 fully saturated rings. The van der Waals surface area contributed by atoms with E-state index in [1.165, 1.54) is 23.2 Å². The summed E-state index contributed by atoms with van der Waals surface area (Å²) in [4.78, 5) is 17.0. The predicted octanol–water partition coefficient (Wildman–Crippen LogP) is 2.82. The molecule has 0 bridgehead atoms. The van der Waals surface area contributed by atoms with Crippen molar-refractivity contribution >= 4 is 11.9 Å². The van der Waals surface area contributed by atoms with Crippen molar-refractivity contribution in [1.82, 2.24) is 15.2 Å². The van der Waals surface area contributed by atoms with Gasteiger partial charge in [-0.2, -0.15) is 13.2 Å². The third-order valence-corrected chi connectivity index (χ3v) is 4.18. The van der Waals surface area contributed by atoms with Crippen LogP contribution in [0.4, 0.5) is 23.8 Å². The highest BCUT2D eigenvalue weighted by Crippen LogP contribution is 2.40. The van der Waals surface area contributed by atoms with Crippen LogP contribution in [-0.2, 0) is 4.74 Å². The van der Waals surface area contributed by atoms with Crippen molar-refractivity contribution in [2.24, 2.45) is 11.8 Å². The molecular formula is C17H26F3N5O2. The van der Waals surface area contributed by atoms with Crippen LogP contribution in [0.5, 0.6) is 0 Å². The molecule has 1 aliphatic heterocycles. The number of anilines is 1. The first-order valence-electron chi connectivity index (χ1n) is 8.70. The highest BCUT2D eigenvalue weighted by molar-refractivity contribution is 5.67. The maximum atomic E-state index is 13.7. The number of rotatable bonds is 5. The number of alkyl carbamates (subject to hydrolysis) is 1. The smallest absolute Gasteiger partial charge is 0.408 e. The van der Waals surface area contributed by atoms with Gasteiger partial charge in [-0.1, -0.05) is 6.07 Å². The lowest BCUT2D eigenvalue weighted by Gasteiger charge is -2.30. The molecule has 152 valence electrons. The first kappa shape index (κ1) is 21.2. The SMILES string of the molecule is CC(C)(C)OC(=O)NC[C@@H]1CCN([C@H](c2ccc(NN)nc2)C(F)(F)F)C1. The second-order valence-corrected chi connectivity index (χ2v) is 7.60. The molecule has 2 heterocycles. The van der Waals surface area contributed by atoms with Gasteiger partial charge in [-0.15, -0.1) is 0 Å². The number of nitrogen functional groups attached to an aromatic ring is 1. The van der Waals surface area contributed by atoms with Crippen molar-refractivity contribution in [3.05, 3.63) is 23.9 Å². The average molecular weight is 389 g/mol. The first-order chi connectivity index (χ1) is 12.5. The number of alkyl halides is 3. The van der Waals surface area contributed by atoms with Crippen molar-refractivity contribution in [2.45, 2.75) is 45.0 Å². The van der Waals surface area contributed by atoms with Crippen molar-refractivity contribution < 1.29 is 22.7 Å². The Bertz CT molecular complexity index is 631. The summed E-state index contributed by atoms with van der Waals surface area (Å²) in [6.07, 6.45) is -3.27. The Morgan fingerprint density at radius 2 is 2.11 bits per heavy atom. The maximum absolute atomic E-state index is 13.7. The number of likely N-dealkylation sites (tertiary alicyclic amines) is 1. The number of carbonyl (C=O) groups is 1. The van der Waals surface area contributed by atoms with Crippen LogP contribution < -0.4 is 16.6 Å². The lowest BCUT2D eigenvalue weighted by Crippen LogP contribution is -2.39. The molecular weight excluding hydrogens is 363 g/mol. The highest BCUT2D eigenvalue weighted by atomic mass is 19.4. The normalized spacial score (nSPS) is 19.6. The van der Waals surface area contributed by atoms with Gasteiger partial charge < -0.3 is 15.5 Å². The number of nitrogens with one attached hydrogen (secondary N) is 2. The standard InChI is InChI=1S/C17H26F3N5O2/c1-16(2,3)27-15(26)23-8-11-6-7-25(10-11)14(17(18,19)20)12-4-5-13(24-21)22-9-12/h4-5,9,11,14H,6-8,10,21H2,1-3H3,(H,22,24)(H,23,26)/t11-,14+/m0/s1. The molecule has 10 heteroatoms. The predicted molar refractivity (Wildman–Crippen MR) is 94.8 cm³/mol. The van der Waals surface area contributed by atoms with Gasteiger partial charge in [0.1, 0.15) is 17.5 Å². The lowest BCUT2D eigenvalue weighted by atomic mass is 10.1. The summed E-state index contributed by atoms with van der Waals surface area (Å²) in [7, 11) is 0. The van der Waals surface area contributed by atoms with E-state index in [1.54, 1.807) is 20.8 Å². The van der Waals surface area contributed by atoms with E-state index >= 15 is 0 Å². The van der Waals surface area contributed by atoms with E-state index in [9.17, 15) is 18.0 Å². The average Bonchev–Trinajstić information content (AvgIpc) is 2.99. The van der Waals surface area contributed by atoms with Gasteiger partial charge in [-0.05, 0) is 51.3 Å². The highest BCUT2D eigenvalue weighted by Gasteiger charge is 2.46. The molecule has 1 aliphatic rings. The molecule has 1 saturated heterocycles. The van der Waals surface area contributed by atoms with Crippen molar-refractivity contribution in [1.29, 1.82) is 0 Å². The Balaban J connectivity index is 1.99. The summed E-state index contributed by atoms with van der Waals surface area (Å²) < 4.78 is 46.2. The van der Waals surface area contributed by atoms with E-state index in [2.05, 4.69) is 15.7 Å². The molecule has 0 aromatic carbocycles. The van der Waals surface area contributed by atoms with Crippen LogP contribution >= 0.6 is 0 Å². The summed E-state index contributed by atoms with van der Waals surface area (Å²) in [6.45, 7) is 6.01. The molecule has 0 radical (unpaired) electrons. The Kier molecular flexibility index (Phi) is 6.53. The number of nitrogens with zero attached hydrogens (tertiary/aromatic N) is 2. The van der Waals surface area contributed by atoms with Gasteiger partial charge >= 0.3 is 12.3 Å². The molecule has 4 N–H and O–H groups in total. The van der Waals surface area contributed by atoms with Crippen molar-refractivity contribution in [2.75, 3.05) is 25.1 Å². The van der Waals surface area contributed by atoms with Gasteiger partial charge in [0.05, 0.1) is 0 Å². The van der Waals surface area contributed by atoms with Crippen molar-refractivity contribution in [3.63, 3.8) is 0 Å². The number of hydrogen-bond acceptors (Lipinski definition) is 6. The van der Waals surface area contributed by atoms with Crippen LogP contribution in [0.15, 0.2) is 18.3 Å². The number of ether oxygens (including phenoxy) is 1. The van der Waals surface area contributed by atoms with Crippen molar-refractivity contribution in [3.8, 4) is 0 Å². The fourth-order valence-electron chi connectivity index (χ4n) is 3.06. The summed E-state index contributed by atoms with van der Waals surface area (Å²) in [5, 5.41) is 2.63. The minimum absolute atomic E-state index is 0.0576. The number of amides is 1. The number of pyridine rings is 1. The molecule has 1 aromatic rings. The Morgan fingerprint density at radius 3 is 2.63 bits per heavy atom. The number of aromatic nitrogens is 1. The van der Waals surface area contributed by atoms with Crippen LogP contribution in [-0.4, -0.2) is 47.4 Å². The second kappa shape index (κ2) is 8.30. The number of hydrogen-bond donors (Lipinski definition) is 3. The minimum atomic E-state index is -4.44. The summed E-state index contributed by atoms with van der Waals surface area (Å²) in [5.41, 5.74) is 1.73. The monoisotopic (exact) mass is 389 g/mol. The quantitative estimate of drug-likeness (QED) is 0.530. The van der Waals surface area contributed by atoms with Crippen LogP contribution in [0.1, 0.15) is 38.8 Å². The van der Waals surface area contributed by atoms with Gasteiger partial charge in [-0.3, -0.25) is 4.90 Å². The third kappa shape index (κ3) is 6.24. The van der Waals surface area contributed by atoms with Crippen LogP contribution in [0.2, 0.25) is 0 Å². The van der Waals surface area contributed by atoms with E-state index < -0.39 is 23.9 Å². The molecule has 0 spiro atoms. The molecule has 1 aromatic heterocycles. The third-order valence-electron chi connectivity index (χ3n) is 4.18. The van der Waals surface area contributed by atoms with Gasteiger partial charge in [0.15, 0.2) is 0 Å². The van der Waals surface area contributed by atoms with Gasteiger partial charge in [-0.25, -0.2) is 15.6 Å². The number of hydrazine groups is 1. The number of carbonyl (C=O) groups excluding carboxylic acids is 1.